The first-order valence-corrected chi connectivity index (χ1v) is 5.13. The molecule has 0 saturated heterocycles. The minimum Gasteiger partial charge on any atom is -0.385 e. The Morgan fingerprint density at radius 3 is 2.60 bits per heavy atom. The highest BCUT2D eigenvalue weighted by Crippen LogP contribution is 2.18. The second-order valence-corrected chi connectivity index (χ2v) is 3.16. The van der Waals surface area contributed by atoms with Crippen LogP contribution in [-0.2, 0) is 4.74 Å². The van der Waals surface area contributed by atoms with E-state index in [1.807, 2.05) is 6.92 Å². The van der Waals surface area contributed by atoms with E-state index in [4.69, 9.17) is 5.14 Å². The van der Waals surface area contributed by atoms with Gasteiger partial charge in [-0.1, -0.05) is 6.07 Å². The molecule has 0 amide bonds. The minimum atomic E-state index is -0.445. The lowest BCUT2D eigenvalue weighted by Crippen LogP contribution is -1.88. The Morgan fingerprint density at radius 2 is 2.20 bits per heavy atom. The maximum absolute atomic E-state index is 10.2. The van der Waals surface area contributed by atoms with Crippen molar-refractivity contribution in [1.82, 2.24) is 0 Å². The fourth-order valence-electron chi connectivity index (χ4n) is 0.670. The molecule has 1 aromatic rings. The Kier molecular flexibility index (Phi) is 7.61. The molecule has 0 saturated carbocycles. The molecule has 0 aromatic heterocycles. The van der Waals surface area contributed by atoms with E-state index in [9.17, 15) is 10.1 Å². The maximum Gasteiger partial charge on any atom is 0.270 e. The van der Waals surface area contributed by atoms with Crippen molar-refractivity contribution in [3.05, 3.63) is 34.4 Å². The number of benzene rings is 1. The smallest absolute Gasteiger partial charge is 0.270 e. The molecule has 0 aliphatic heterocycles. The fourth-order valence-corrected chi connectivity index (χ4v) is 1.02. The third kappa shape index (κ3) is 6.05. The van der Waals surface area contributed by atoms with Crippen LogP contribution in [0, 0.1) is 10.1 Å². The molecule has 6 heteroatoms. The molecular weight excluding hydrogens is 216 g/mol. The zero-order valence-corrected chi connectivity index (χ0v) is 9.49. The molecule has 0 radical (unpaired) electrons. The summed E-state index contributed by atoms with van der Waals surface area (Å²) in [6, 6.07) is 6.19. The van der Waals surface area contributed by atoms with Gasteiger partial charge in [-0.25, -0.2) is 0 Å². The highest BCUT2D eigenvalue weighted by Gasteiger charge is 2.03. The molecule has 1 rings (SSSR count). The summed E-state index contributed by atoms with van der Waals surface area (Å²) in [5.74, 6) is 0. The molecule has 0 bridgehead atoms. The summed E-state index contributed by atoms with van der Waals surface area (Å²) < 4.78 is 4.54. The van der Waals surface area contributed by atoms with Crippen LogP contribution in [0.1, 0.15) is 6.92 Å². The van der Waals surface area contributed by atoms with Gasteiger partial charge in [-0.2, -0.15) is 0 Å². The summed E-state index contributed by atoms with van der Waals surface area (Å²) in [5.41, 5.74) is 0.0699. The van der Waals surface area contributed by atoms with E-state index in [2.05, 4.69) is 4.74 Å². The number of nitrogens with zero attached hydrogens (tertiary/aromatic N) is 1. The second kappa shape index (κ2) is 8.22. The van der Waals surface area contributed by atoms with Crippen molar-refractivity contribution in [1.29, 1.82) is 0 Å². The van der Waals surface area contributed by atoms with Gasteiger partial charge in [0.2, 0.25) is 0 Å². The van der Waals surface area contributed by atoms with E-state index in [-0.39, 0.29) is 5.69 Å². The standard InChI is InChI=1S/C6H6N2O2S.C3H8O/c7-11-6-3-1-2-5(4-6)8(9)10;1-3-4-2/h1-4H,7H2;3H2,1-2H3. The molecule has 84 valence electrons. The minimum absolute atomic E-state index is 0.0699. The molecule has 0 aliphatic carbocycles. The van der Waals surface area contributed by atoms with E-state index in [0.29, 0.717) is 4.90 Å². The Bertz CT molecular complexity index is 305. The summed E-state index contributed by atoms with van der Waals surface area (Å²) in [5, 5.41) is 15.4. The predicted molar refractivity (Wildman–Crippen MR) is 60.7 cm³/mol. The number of rotatable bonds is 3. The van der Waals surface area contributed by atoms with Crippen LogP contribution in [-0.4, -0.2) is 18.6 Å². The molecule has 2 N–H and O–H groups in total. The van der Waals surface area contributed by atoms with Crippen molar-refractivity contribution in [3.63, 3.8) is 0 Å². The van der Waals surface area contributed by atoms with Gasteiger partial charge >= 0.3 is 0 Å². The molecule has 1 aromatic carbocycles. The SMILES string of the molecule is CCOC.NSc1cccc([N+](=O)[O-])c1. The molecular formula is C9H14N2O3S. The lowest BCUT2D eigenvalue weighted by molar-refractivity contribution is -0.385. The summed E-state index contributed by atoms with van der Waals surface area (Å²) in [7, 11) is 1.68. The van der Waals surface area contributed by atoms with Crippen LogP contribution in [0.3, 0.4) is 0 Å². The number of hydrogen-bond donors (Lipinski definition) is 1. The lowest BCUT2D eigenvalue weighted by atomic mass is 10.3. The third-order valence-corrected chi connectivity index (χ3v) is 1.98. The highest BCUT2D eigenvalue weighted by atomic mass is 32.2. The van der Waals surface area contributed by atoms with Gasteiger partial charge in [-0.05, 0) is 24.9 Å². The Morgan fingerprint density at radius 1 is 1.60 bits per heavy atom. The van der Waals surface area contributed by atoms with Gasteiger partial charge in [0.1, 0.15) is 0 Å². The van der Waals surface area contributed by atoms with Crippen molar-refractivity contribution < 1.29 is 9.66 Å². The zero-order chi connectivity index (χ0) is 11.7. The number of hydrogen-bond acceptors (Lipinski definition) is 5. The van der Waals surface area contributed by atoms with Crippen LogP contribution < -0.4 is 5.14 Å². The van der Waals surface area contributed by atoms with Crippen LogP contribution in [0.5, 0.6) is 0 Å². The van der Waals surface area contributed by atoms with Crippen LogP contribution in [0.4, 0.5) is 5.69 Å². The van der Waals surface area contributed by atoms with Gasteiger partial charge in [0.05, 0.1) is 4.92 Å². The predicted octanol–water partition coefficient (Wildman–Crippen LogP) is 2.21. The zero-order valence-electron chi connectivity index (χ0n) is 8.67. The van der Waals surface area contributed by atoms with Crippen LogP contribution >= 0.6 is 11.9 Å². The van der Waals surface area contributed by atoms with Gasteiger partial charge in [0.25, 0.3) is 5.69 Å². The molecule has 0 atom stereocenters. The Hall–Kier alpha value is -1.11. The van der Waals surface area contributed by atoms with E-state index in [1.54, 1.807) is 19.2 Å². The number of nitro benzene ring substituents is 1. The second-order valence-electron chi connectivity index (χ2n) is 2.45. The fraction of sp³-hybridized carbons (Fsp3) is 0.333. The van der Waals surface area contributed by atoms with E-state index in [0.717, 1.165) is 18.6 Å². The average molecular weight is 230 g/mol. The van der Waals surface area contributed by atoms with Crippen molar-refractivity contribution in [2.45, 2.75) is 11.8 Å². The molecule has 5 nitrogen and oxygen atoms in total. The van der Waals surface area contributed by atoms with Gasteiger partial charge < -0.3 is 4.74 Å². The topological polar surface area (TPSA) is 78.4 Å². The molecule has 0 fully saturated rings. The maximum atomic E-state index is 10.2. The van der Waals surface area contributed by atoms with E-state index >= 15 is 0 Å². The number of nitrogens with two attached hydrogens (primary N) is 1. The first-order chi connectivity index (χ1) is 7.15. The first-order valence-electron chi connectivity index (χ1n) is 4.25. The first kappa shape index (κ1) is 13.9. The Balaban J connectivity index is 0.000000423. The van der Waals surface area contributed by atoms with Gasteiger partial charge in [-0.3, -0.25) is 15.3 Å². The molecule has 15 heavy (non-hydrogen) atoms. The highest BCUT2D eigenvalue weighted by molar-refractivity contribution is 7.97. The Labute approximate surface area is 92.9 Å². The normalized spacial score (nSPS) is 9.00. The molecule has 0 spiro atoms. The van der Waals surface area contributed by atoms with Crippen LogP contribution in [0.2, 0.25) is 0 Å². The molecule has 0 aliphatic rings. The quantitative estimate of drug-likeness (QED) is 0.489. The van der Waals surface area contributed by atoms with Crippen LogP contribution in [0.25, 0.3) is 0 Å². The number of methoxy groups -OCH3 is 1. The number of non-ortho nitro benzene ring substituents is 1. The molecule has 0 unspecified atom stereocenters. The van der Waals surface area contributed by atoms with Crippen molar-refractivity contribution in [3.8, 4) is 0 Å². The van der Waals surface area contributed by atoms with Gasteiger partial charge in [-0.15, -0.1) is 0 Å². The average Bonchev–Trinajstić information content (AvgIpc) is 2.29. The number of nitro groups is 1. The summed E-state index contributed by atoms with van der Waals surface area (Å²) >= 11 is 0.996. The van der Waals surface area contributed by atoms with Gasteiger partial charge in [0.15, 0.2) is 0 Å². The molecule has 0 heterocycles. The number of ether oxygens (including phenoxy) is 1. The lowest BCUT2D eigenvalue weighted by Gasteiger charge is -1.93. The summed E-state index contributed by atoms with van der Waals surface area (Å²) in [4.78, 5) is 10.5. The van der Waals surface area contributed by atoms with Crippen molar-refractivity contribution >= 4 is 17.6 Å². The van der Waals surface area contributed by atoms with Crippen LogP contribution in [0.15, 0.2) is 29.2 Å². The third-order valence-electron chi connectivity index (χ3n) is 1.45. The van der Waals surface area contributed by atoms with Crippen molar-refractivity contribution in [2.24, 2.45) is 5.14 Å². The monoisotopic (exact) mass is 230 g/mol. The van der Waals surface area contributed by atoms with E-state index < -0.39 is 4.92 Å². The van der Waals surface area contributed by atoms with E-state index in [1.165, 1.54) is 12.1 Å². The largest absolute Gasteiger partial charge is 0.385 e. The van der Waals surface area contributed by atoms with Crippen molar-refractivity contribution in [2.75, 3.05) is 13.7 Å². The summed E-state index contributed by atoms with van der Waals surface area (Å²) in [6.07, 6.45) is 0. The summed E-state index contributed by atoms with van der Waals surface area (Å²) in [6.45, 7) is 2.78. The van der Waals surface area contributed by atoms with Gasteiger partial charge in [0, 0.05) is 30.7 Å².